The molecule has 0 spiro atoms. The van der Waals surface area contributed by atoms with Crippen molar-refractivity contribution < 1.29 is 14.0 Å². The van der Waals surface area contributed by atoms with Crippen LogP contribution in [0.1, 0.15) is 12.2 Å². The van der Waals surface area contributed by atoms with E-state index in [9.17, 15) is 14.0 Å². The van der Waals surface area contributed by atoms with E-state index in [0.29, 0.717) is 29.6 Å². The van der Waals surface area contributed by atoms with Crippen LogP contribution in [0.3, 0.4) is 0 Å². The SMILES string of the molecule is C=CCn1c(CCC(=O)Nc2ccc(F)cc2)nnc1SCC(=O)Nc1ccccc1. The number of carbonyl (C=O) groups excluding carboxylic acids is 2. The molecule has 0 aliphatic carbocycles. The highest BCUT2D eigenvalue weighted by molar-refractivity contribution is 7.99. The summed E-state index contributed by atoms with van der Waals surface area (Å²) in [4.78, 5) is 24.4. The maximum atomic E-state index is 13.0. The molecule has 0 saturated carbocycles. The Labute approximate surface area is 183 Å². The van der Waals surface area contributed by atoms with E-state index in [2.05, 4.69) is 27.4 Å². The molecule has 9 heteroatoms. The van der Waals surface area contributed by atoms with Crippen molar-refractivity contribution in [2.24, 2.45) is 0 Å². The van der Waals surface area contributed by atoms with Gasteiger partial charge in [-0.3, -0.25) is 9.59 Å². The lowest BCUT2D eigenvalue weighted by Gasteiger charge is -2.09. The summed E-state index contributed by atoms with van der Waals surface area (Å²) in [6.07, 6.45) is 2.26. The zero-order chi connectivity index (χ0) is 22.1. The Balaban J connectivity index is 1.55. The Kier molecular flexibility index (Phi) is 7.94. The van der Waals surface area contributed by atoms with Gasteiger partial charge in [-0.1, -0.05) is 36.0 Å². The van der Waals surface area contributed by atoms with Crippen molar-refractivity contribution >= 4 is 35.0 Å². The van der Waals surface area contributed by atoms with E-state index in [4.69, 9.17) is 0 Å². The molecule has 2 amide bonds. The number of rotatable bonds is 10. The van der Waals surface area contributed by atoms with E-state index < -0.39 is 0 Å². The number of nitrogens with one attached hydrogen (secondary N) is 2. The molecular weight excluding hydrogens is 417 g/mol. The number of amides is 2. The number of hydrogen-bond donors (Lipinski definition) is 2. The lowest BCUT2D eigenvalue weighted by molar-refractivity contribution is -0.116. The summed E-state index contributed by atoms with van der Waals surface area (Å²) in [5.41, 5.74) is 1.26. The van der Waals surface area contributed by atoms with E-state index >= 15 is 0 Å². The minimum atomic E-state index is -0.363. The second-order valence-electron chi connectivity index (χ2n) is 6.56. The number of para-hydroxylation sites is 1. The summed E-state index contributed by atoms with van der Waals surface area (Å²) < 4.78 is 14.8. The zero-order valence-corrected chi connectivity index (χ0v) is 17.6. The molecule has 0 saturated heterocycles. The molecule has 3 rings (SSSR count). The molecule has 160 valence electrons. The normalized spacial score (nSPS) is 10.5. The van der Waals surface area contributed by atoms with Gasteiger partial charge in [0.2, 0.25) is 11.8 Å². The predicted octanol–water partition coefficient (Wildman–Crippen LogP) is 3.91. The fraction of sp³-hybridized carbons (Fsp3) is 0.182. The molecule has 0 radical (unpaired) electrons. The average Bonchev–Trinajstić information content (AvgIpc) is 3.15. The van der Waals surface area contributed by atoms with Crippen molar-refractivity contribution in [2.75, 3.05) is 16.4 Å². The van der Waals surface area contributed by atoms with E-state index in [1.165, 1.54) is 36.0 Å². The largest absolute Gasteiger partial charge is 0.326 e. The molecule has 0 atom stereocenters. The summed E-state index contributed by atoms with van der Waals surface area (Å²) in [5.74, 6) is 0.0776. The van der Waals surface area contributed by atoms with Gasteiger partial charge < -0.3 is 15.2 Å². The number of thioether (sulfide) groups is 1. The van der Waals surface area contributed by atoms with Crippen molar-refractivity contribution in [1.29, 1.82) is 0 Å². The molecule has 3 aromatic rings. The van der Waals surface area contributed by atoms with Crippen molar-refractivity contribution in [2.45, 2.75) is 24.5 Å². The van der Waals surface area contributed by atoms with Crippen LogP contribution in [0.4, 0.5) is 15.8 Å². The molecule has 1 aromatic heterocycles. The molecular formula is C22H22FN5O2S. The Morgan fingerprint density at radius 3 is 2.39 bits per heavy atom. The molecule has 0 fully saturated rings. The summed E-state index contributed by atoms with van der Waals surface area (Å²) in [6, 6.07) is 14.8. The quantitative estimate of drug-likeness (QED) is 0.369. The van der Waals surface area contributed by atoms with Gasteiger partial charge in [0, 0.05) is 30.8 Å². The number of halogens is 1. The Hall–Kier alpha value is -3.46. The van der Waals surface area contributed by atoms with Gasteiger partial charge in [0.25, 0.3) is 0 Å². The highest BCUT2D eigenvalue weighted by Crippen LogP contribution is 2.19. The fourth-order valence-electron chi connectivity index (χ4n) is 2.75. The van der Waals surface area contributed by atoms with Gasteiger partial charge in [-0.25, -0.2) is 4.39 Å². The molecule has 7 nitrogen and oxygen atoms in total. The van der Waals surface area contributed by atoms with Crippen molar-refractivity contribution in [3.8, 4) is 0 Å². The van der Waals surface area contributed by atoms with Gasteiger partial charge in [-0.2, -0.15) is 0 Å². The maximum Gasteiger partial charge on any atom is 0.234 e. The minimum absolute atomic E-state index is 0.149. The highest BCUT2D eigenvalue weighted by Gasteiger charge is 2.15. The molecule has 0 bridgehead atoms. The van der Waals surface area contributed by atoms with Gasteiger partial charge in [-0.05, 0) is 36.4 Å². The Morgan fingerprint density at radius 1 is 1.00 bits per heavy atom. The van der Waals surface area contributed by atoms with Crippen molar-refractivity contribution in [1.82, 2.24) is 14.8 Å². The first kappa shape index (κ1) is 22.2. The second kappa shape index (κ2) is 11.1. The van der Waals surface area contributed by atoms with Crippen LogP contribution in [0.5, 0.6) is 0 Å². The lowest BCUT2D eigenvalue weighted by atomic mass is 10.2. The van der Waals surface area contributed by atoms with Crippen LogP contribution < -0.4 is 10.6 Å². The monoisotopic (exact) mass is 439 g/mol. The summed E-state index contributed by atoms with van der Waals surface area (Å²) in [6.45, 7) is 4.22. The molecule has 0 aliphatic rings. The Morgan fingerprint density at radius 2 is 1.68 bits per heavy atom. The van der Waals surface area contributed by atoms with Crippen molar-refractivity contribution in [3.05, 3.63) is 78.9 Å². The van der Waals surface area contributed by atoms with E-state index in [0.717, 1.165) is 5.69 Å². The third-order valence-electron chi connectivity index (χ3n) is 4.20. The number of hydrogen-bond acceptors (Lipinski definition) is 5. The van der Waals surface area contributed by atoms with E-state index in [1.807, 2.05) is 34.9 Å². The summed E-state index contributed by atoms with van der Waals surface area (Å²) in [7, 11) is 0. The number of nitrogens with zero attached hydrogens (tertiary/aromatic N) is 3. The fourth-order valence-corrected chi connectivity index (χ4v) is 3.52. The first-order chi connectivity index (χ1) is 15.0. The van der Waals surface area contributed by atoms with Gasteiger partial charge in [-0.15, -0.1) is 16.8 Å². The molecule has 0 unspecified atom stereocenters. The van der Waals surface area contributed by atoms with Crippen LogP contribution >= 0.6 is 11.8 Å². The smallest absolute Gasteiger partial charge is 0.234 e. The average molecular weight is 440 g/mol. The van der Waals surface area contributed by atoms with Crippen LogP contribution in [0, 0.1) is 5.82 Å². The number of allylic oxidation sites excluding steroid dienone is 1. The maximum absolute atomic E-state index is 13.0. The minimum Gasteiger partial charge on any atom is -0.326 e. The molecule has 1 heterocycles. The van der Waals surface area contributed by atoms with E-state index in [1.54, 1.807) is 6.08 Å². The van der Waals surface area contributed by atoms with Gasteiger partial charge in [0.15, 0.2) is 5.16 Å². The number of aryl methyl sites for hydroxylation is 1. The topological polar surface area (TPSA) is 88.9 Å². The van der Waals surface area contributed by atoms with Crippen LogP contribution in [0.2, 0.25) is 0 Å². The third kappa shape index (κ3) is 6.78. The van der Waals surface area contributed by atoms with Crippen LogP contribution in [0.15, 0.2) is 72.4 Å². The molecule has 31 heavy (non-hydrogen) atoms. The van der Waals surface area contributed by atoms with Crippen LogP contribution in [-0.2, 0) is 22.6 Å². The number of aromatic nitrogens is 3. The van der Waals surface area contributed by atoms with Gasteiger partial charge in [0.1, 0.15) is 11.6 Å². The first-order valence-corrected chi connectivity index (χ1v) is 10.6. The van der Waals surface area contributed by atoms with Gasteiger partial charge >= 0.3 is 0 Å². The molecule has 2 aromatic carbocycles. The van der Waals surface area contributed by atoms with Crippen molar-refractivity contribution in [3.63, 3.8) is 0 Å². The summed E-state index contributed by atoms with van der Waals surface area (Å²) >= 11 is 1.27. The molecule has 2 N–H and O–H groups in total. The Bertz CT molecular complexity index is 1040. The third-order valence-corrected chi connectivity index (χ3v) is 5.17. The number of anilines is 2. The van der Waals surface area contributed by atoms with Crippen LogP contribution in [0.25, 0.3) is 0 Å². The standard InChI is InChI=1S/C22H22FN5O2S/c1-2-14-28-19(12-13-20(29)24-18-10-8-16(23)9-11-18)26-27-22(28)31-15-21(30)25-17-6-4-3-5-7-17/h2-11H,1,12-15H2,(H,24,29)(H,25,30). The first-order valence-electron chi connectivity index (χ1n) is 9.61. The van der Waals surface area contributed by atoms with Gasteiger partial charge in [0.05, 0.1) is 5.75 Å². The predicted molar refractivity (Wildman–Crippen MR) is 119 cm³/mol. The number of benzene rings is 2. The zero-order valence-electron chi connectivity index (χ0n) is 16.8. The summed E-state index contributed by atoms with van der Waals surface area (Å²) in [5, 5.41) is 14.5. The molecule has 0 aliphatic heterocycles. The van der Waals surface area contributed by atoms with Crippen LogP contribution in [-0.4, -0.2) is 32.3 Å². The highest BCUT2D eigenvalue weighted by atomic mass is 32.2. The van der Waals surface area contributed by atoms with E-state index in [-0.39, 0.29) is 29.8 Å². The lowest BCUT2D eigenvalue weighted by Crippen LogP contribution is -2.15. The number of carbonyl (C=O) groups is 2. The second-order valence-corrected chi connectivity index (χ2v) is 7.50.